The van der Waals surface area contributed by atoms with E-state index in [0.717, 1.165) is 44.1 Å². The van der Waals surface area contributed by atoms with Crippen molar-refractivity contribution in [2.75, 3.05) is 13.7 Å². The number of rotatable bonds is 7. The monoisotopic (exact) mass is 404 g/mol. The molecular weight excluding hydrogens is 370 g/mol. The highest BCUT2D eigenvalue weighted by Gasteiger charge is 2.40. The van der Waals surface area contributed by atoms with Crippen LogP contribution in [0.4, 0.5) is 8.78 Å². The highest BCUT2D eigenvalue weighted by molar-refractivity contribution is 5.33. The maximum atomic E-state index is 14.4. The molecule has 3 unspecified atom stereocenters. The van der Waals surface area contributed by atoms with E-state index in [1.807, 2.05) is 0 Å². The second-order valence-corrected chi connectivity index (χ2v) is 9.16. The van der Waals surface area contributed by atoms with Gasteiger partial charge in [0, 0.05) is 0 Å². The topological polar surface area (TPSA) is 18.5 Å². The van der Waals surface area contributed by atoms with Crippen molar-refractivity contribution in [3.63, 3.8) is 0 Å². The van der Waals surface area contributed by atoms with Crippen molar-refractivity contribution >= 4 is 0 Å². The van der Waals surface area contributed by atoms with Crippen molar-refractivity contribution in [2.45, 2.75) is 76.7 Å². The van der Waals surface area contributed by atoms with Crippen molar-refractivity contribution in [1.29, 1.82) is 0 Å². The van der Waals surface area contributed by atoms with Gasteiger partial charge in [0.2, 0.25) is 5.82 Å². The van der Waals surface area contributed by atoms with Crippen molar-refractivity contribution in [3.8, 4) is 5.75 Å². The fourth-order valence-electron chi connectivity index (χ4n) is 6.01. The van der Waals surface area contributed by atoms with E-state index in [-0.39, 0.29) is 17.8 Å². The molecule has 0 saturated heterocycles. The van der Waals surface area contributed by atoms with Gasteiger partial charge in [-0.25, -0.2) is 4.39 Å². The molecule has 160 valence electrons. The van der Waals surface area contributed by atoms with Crippen LogP contribution in [0.25, 0.3) is 0 Å². The van der Waals surface area contributed by atoms with E-state index in [4.69, 9.17) is 9.47 Å². The van der Waals surface area contributed by atoms with Crippen LogP contribution in [0.1, 0.15) is 76.2 Å². The van der Waals surface area contributed by atoms with Crippen LogP contribution in [0.2, 0.25) is 0 Å². The third-order valence-electron chi connectivity index (χ3n) is 7.59. The van der Waals surface area contributed by atoms with Gasteiger partial charge in [-0.2, -0.15) is 4.39 Å². The summed E-state index contributed by atoms with van der Waals surface area (Å²) in [6.07, 6.45) is 12.7. The lowest BCUT2D eigenvalue weighted by atomic mass is 9.82. The molecule has 0 aliphatic heterocycles. The van der Waals surface area contributed by atoms with Gasteiger partial charge in [-0.3, -0.25) is 0 Å². The zero-order valence-corrected chi connectivity index (χ0v) is 17.8. The Labute approximate surface area is 173 Å². The fourth-order valence-corrected chi connectivity index (χ4v) is 6.01. The summed E-state index contributed by atoms with van der Waals surface area (Å²) >= 11 is 0. The Morgan fingerprint density at radius 3 is 2.52 bits per heavy atom. The smallest absolute Gasteiger partial charge is 0.200 e. The van der Waals surface area contributed by atoms with Crippen molar-refractivity contribution in [3.05, 3.63) is 41.0 Å². The standard InChI is InChI=1S/C25H34F2O2/c1-3-4-16-7-11-21-18(8-12-20(16)21)15-29-19-9-5-17(6-10-19)22-13-14-23(28-2)25(27)24(22)26/h7,13-14,17-21H,3-6,8-12,15H2,1-2H3. The van der Waals surface area contributed by atoms with Gasteiger partial charge in [-0.05, 0) is 86.7 Å². The lowest BCUT2D eigenvalue weighted by Crippen LogP contribution is -2.25. The van der Waals surface area contributed by atoms with Gasteiger partial charge in [0.1, 0.15) is 0 Å². The summed E-state index contributed by atoms with van der Waals surface area (Å²) in [6.45, 7) is 3.14. The van der Waals surface area contributed by atoms with Gasteiger partial charge in [-0.15, -0.1) is 0 Å². The number of hydrogen-bond donors (Lipinski definition) is 0. The average Bonchev–Trinajstić information content (AvgIpc) is 3.32. The molecule has 1 aromatic rings. The Hall–Kier alpha value is -1.42. The fraction of sp³-hybridized carbons (Fsp3) is 0.680. The summed E-state index contributed by atoms with van der Waals surface area (Å²) < 4.78 is 39.7. The first-order valence-electron chi connectivity index (χ1n) is 11.4. The minimum atomic E-state index is -0.869. The van der Waals surface area contributed by atoms with Crippen molar-refractivity contribution in [1.82, 2.24) is 0 Å². The molecule has 0 aromatic heterocycles. The first-order chi connectivity index (χ1) is 14.1. The van der Waals surface area contributed by atoms with Crippen LogP contribution in [0, 0.1) is 29.4 Å². The quantitative estimate of drug-likeness (QED) is 0.466. The van der Waals surface area contributed by atoms with Gasteiger partial charge in [-0.1, -0.05) is 31.1 Å². The maximum absolute atomic E-state index is 14.4. The number of benzene rings is 1. The first-order valence-corrected chi connectivity index (χ1v) is 11.4. The van der Waals surface area contributed by atoms with E-state index in [2.05, 4.69) is 13.0 Å². The second kappa shape index (κ2) is 9.16. The second-order valence-electron chi connectivity index (χ2n) is 9.16. The Bertz CT molecular complexity index is 737. The lowest BCUT2D eigenvalue weighted by molar-refractivity contribution is -0.00281. The Balaban J connectivity index is 1.26. The summed E-state index contributed by atoms with van der Waals surface area (Å²) in [7, 11) is 1.36. The average molecular weight is 405 g/mol. The Morgan fingerprint density at radius 2 is 1.79 bits per heavy atom. The Morgan fingerprint density at radius 1 is 1.00 bits per heavy atom. The van der Waals surface area contributed by atoms with Crippen molar-refractivity contribution in [2.24, 2.45) is 17.8 Å². The van der Waals surface area contributed by atoms with E-state index in [1.54, 1.807) is 11.6 Å². The summed E-state index contributed by atoms with van der Waals surface area (Å²) in [5.41, 5.74) is 2.19. The third-order valence-corrected chi connectivity index (χ3v) is 7.59. The molecule has 0 amide bonds. The van der Waals surface area contributed by atoms with E-state index in [9.17, 15) is 8.78 Å². The minimum Gasteiger partial charge on any atom is -0.494 e. The largest absolute Gasteiger partial charge is 0.494 e. The van der Waals surface area contributed by atoms with Crippen LogP contribution in [0.15, 0.2) is 23.8 Å². The van der Waals surface area contributed by atoms with E-state index in [1.165, 1.54) is 45.3 Å². The van der Waals surface area contributed by atoms with Crippen LogP contribution in [-0.2, 0) is 4.74 Å². The summed E-state index contributed by atoms with van der Waals surface area (Å²) in [5, 5.41) is 0. The molecule has 3 atom stereocenters. The van der Waals surface area contributed by atoms with E-state index >= 15 is 0 Å². The van der Waals surface area contributed by atoms with Gasteiger partial charge in [0.25, 0.3) is 0 Å². The van der Waals surface area contributed by atoms with Crippen LogP contribution in [0.5, 0.6) is 5.75 Å². The molecule has 0 radical (unpaired) electrons. The molecule has 1 aromatic carbocycles. The summed E-state index contributed by atoms with van der Waals surface area (Å²) in [5.74, 6) is 0.727. The van der Waals surface area contributed by atoms with Crippen LogP contribution in [0.3, 0.4) is 0 Å². The van der Waals surface area contributed by atoms with E-state index < -0.39 is 11.6 Å². The first kappa shape index (κ1) is 20.8. The molecule has 3 aliphatic carbocycles. The molecule has 0 heterocycles. The zero-order valence-electron chi connectivity index (χ0n) is 17.8. The molecule has 29 heavy (non-hydrogen) atoms. The summed E-state index contributed by atoms with van der Waals surface area (Å²) in [4.78, 5) is 0. The number of hydrogen-bond acceptors (Lipinski definition) is 2. The van der Waals surface area contributed by atoms with Crippen LogP contribution >= 0.6 is 0 Å². The van der Waals surface area contributed by atoms with Gasteiger partial charge >= 0.3 is 0 Å². The molecular formula is C25H34F2O2. The SMILES string of the molecule is CCCC1=CCC2C(COC3CCC(c4ccc(OC)c(F)c4F)CC3)CCC12. The van der Waals surface area contributed by atoms with Crippen molar-refractivity contribution < 1.29 is 18.3 Å². The van der Waals surface area contributed by atoms with Gasteiger partial charge < -0.3 is 9.47 Å². The number of methoxy groups -OCH3 is 1. The van der Waals surface area contributed by atoms with E-state index in [0.29, 0.717) is 11.5 Å². The zero-order chi connectivity index (χ0) is 20.4. The lowest BCUT2D eigenvalue weighted by Gasteiger charge is -2.30. The molecule has 0 bridgehead atoms. The predicted molar refractivity (Wildman–Crippen MR) is 111 cm³/mol. The maximum Gasteiger partial charge on any atom is 0.200 e. The molecule has 4 heteroatoms. The summed E-state index contributed by atoms with van der Waals surface area (Å²) in [6, 6.07) is 3.22. The number of halogens is 2. The number of ether oxygens (including phenoxy) is 2. The number of fused-ring (bicyclic) bond motifs is 1. The molecule has 0 N–H and O–H groups in total. The van der Waals surface area contributed by atoms with Crippen LogP contribution < -0.4 is 4.74 Å². The predicted octanol–water partition coefficient (Wildman–Crippen LogP) is 6.79. The molecule has 2 saturated carbocycles. The molecule has 4 rings (SSSR count). The highest BCUT2D eigenvalue weighted by atomic mass is 19.2. The minimum absolute atomic E-state index is 0.0263. The third kappa shape index (κ3) is 4.23. The molecule has 3 aliphatic rings. The molecule has 2 nitrogen and oxygen atoms in total. The normalized spacial score (nSPS) is 31.6. The highest BCUT2D eigenvalue weighted by Crippen LogP contribution is 2.49. The van der Waals surface area contributed by atoms with Crippen LogP contribution in [-0.4, -0.2) is 19.8 Å². The van der Waals surface area contributed by atoms with Gasteiger partial charge in [0.15, 0.2) is 11.6 Å². The van der Waals surface area contributed by atoms with Gasteiger partial charge in [0.05, 0.1) is 19.8 Å². The number of allylic oxidation sites excluding steroid dienone is 2. The molecule has 0 spiro atoms. The molecule has 2 fully saturated rings. The Kier molecular flexibility index (Phi) is 6.58.